The van der Waals surface area contributed by atoms with E-state index in [0.29, 0.717) is 17.1 Å². The smallest absolute Gasteiger partial charge is 0.136 e. The first-order valence-electron chi connectivity index (χ1n) is 5.22. The lowest BCUT2D eigenvalue weighted by Crippen LogP contribution is -2.37. The van der Waals surface area contributed by atoms with E-state index < -0.39 is 0 Å². The zero-order valence-electron chi connectivity index (χ0n) is 9.61. The Morgan fingerprint density at radius 3 is 2.08 bits per heavy atom. The summed E-state index contributed by atoms with van der Waals surface area (Å²) in [6, 6.07) is 0. The summed E-state index contributed by atoms with van der Waals surface area (Å²) in [4.78, 5) is 11.7. The highest BCUT2D eigenvalue weighted by Gasteiger charge is 2.40. The summed E-state index contributed by atoms with van der Waals surface area (Å²) in [6.07, 6.45) is 2.94. The van der Waals surface area contributed by atoms with Gasteiger partial charge in [0.25, 0.3) is 0 Å². The van der Waals surface area contributed by atoms with Crippen molar-refractivity contribution in [3.63, 3.8) is 0 Å². The van der Waals surface area contributed by atoms with Gasteiger partial charge in [-0.1, -0.05) is 34.6 Å². The second-order valence-electron chi connectivity index (χ2n) is 6.47. The zero-order chi connectivity index (χ0) is 10.3. The molecule has 1 rings (SSSR count). The lowest BCUT2D eigenvalue weighted by atomic mass is 9.62. The molecule has 13 heavy (non-hydrogen) atoms. The number of rotatable bonds is 2. The average Bonchev–Trinajstić information content (AvgIpc) is 1.77. The molecule has 0 atom stereocenters. The SMILES string of the molecule is CC(C)(C)CC(=O)C1CC(C)(C)C1. The molecule has 0 saturated heterocycles. The van der Waals surface area contributed by atoms with Gasteiger partial charge in [0.2, 0.25) is 0 Å². The molecule has 1 aliphatic carbocycles. The summed E-state index contributed by atoms with van der Waals surface area (Å²) in [5.41, 5.74) is 0.592. The van der Waals surface area contributed by atoms with Crippen molar-refractivity contribution < 1.29 is 4.79 Å². The van der Waals surface area contributed by atoms with Crippen molar-refractivity contribution in [3.8, 4) is 0 Å². The van der Waals surface area contributed by atoms with E-state index in [9.17, 15) is 4.79 Å². The Balaban J connectivity index is 2.36. The predicted octanol–water partition coefficient (Wildman–Crippen LogP) is 3.43. The zero-order valence-corrected chi connectivity index (χ0v) is 9.61. The van der Waals surface area contributed by atoms with Gasteiger partial charge >= 0.3 is 0 Å². The highest BCUT2D eigenvalue weighted by Crippen LogP contribution is 2.46. The van der Waals surface area contributed by atoms with Gasteiger partial charge in [-0.2, -0.15) is 0 Å². The molecule has 0 N–H and O–H groups in total. The van der Waals surface area contributed by atoms with Crippen LogP contribution >= 0.6 is 0 Å². The quantitative estimate of drug-likeness (QED) is 0.639. The summed E-state index contributed by atoms with van der Waals surface area (Å²) < 4.78 is 0. The van der Waals surface area contributed by atoms with Gasteiger partial charge in [0.1, 0.15) is 5.78 Å². The molecule has 0 spiro atoms. The van der Waals surface area contributed by atoms with E-state index in [1.165, 1.54) is 0 Å². The molecule has 0 unspecified atom stereocenters. The Labute approximate surface area is 81.9 Å². The minimum atomic E-state index is 0.164. The van der Waals surface area contributed by atoms with Crippen molar-refractivity contribution in [2.45, 2.75) is 53.9 Å². The van der Waals surface area contributed by atoms with E-state index in [1.807, 2.05) is 0 Å². The van der Waals surface area contributed by atoms with Crippen molar-refractivity contribution >= 4 is 5.78 Å². The Morgan fingerprint density at radius 2 is 1.77 bits per heavy atom. The van der Waals surface area contributed by atoms with Crippen LogP contribution in [0.15, 0.2) is 0 Å². The van der Waals surface area contributed by atoms with Crippen molar-refractivity contribution in [1.82, 2.24) is 0 Å². The molecule has 1 fully saturated rings. The lowest BCUT2D eigenvalue weighted by molar-refractivity contribution is -0.131. The van der Waals surface area contributed by atoms with Gasteiger partial charge in [-0.25, -0.2) is 0 Å². The number of carbonyl (C=O) groups is 1. The predicted molar refractivity (Wildman–Crippen MR) is 55.6 cm³/mol. The maximum Gasteiger partial charge on any atom is 0.136 e. The van der Waals surface area contributed by atoms with Crippen LogP contribution in [0, 0.1) is 16.7 Å². The van der Waals surface area contributed by atoms with E-state index in [0.717, 1.165) is 19.3 Å². The Kier molecular flexibility index (Phi) is 2.57. The molecule has 0 amide bonds. The summed E-state index contributed by atoms with van der Waals surface area (Å²) in [5.74, 6) is 0.848. The van der Waals surface area contributed by atoms with E-state index in [1.54, 1.807) is 0 Å². The Morgan fingerprint density at radius 1 is 1.31 bits per heavy atom. The summed E-state index contributed by atoms with van der Waals surface area (Å²) in [6.45, 7) is 10.9. The van der Waals surface area contributed by atoms with E-state index in [-0.39, 0.29) is 5.41 Å². The molecule has 1 saturated carbocycles. The maximum absolute atomic E-state index is 11.7. The first kappa shape index (κ1) is 10.7. The number of ketones is 1. The normalized spacial score (nSPS) is 22.5. The number of Topliss-reactive ketones (excluding diaryl/α,β-unsaturated/α-hetero) is 1. The van der Waals surface area contributed by atoms with Crippen molar-refractivity contribution in [2.24, 2.45) is 16.7 Å². The lowest BCUT2D eigenvalue weighted by Gasteiger charge is -2.42. The first-order chi connectivity index (χ1) is 5.70. The summed E-state index contributed by atoms with van der Waals surface area (Å²) >= 11 is 0. The standard InChI is InChI=1S/C12H22O/c1-11(2,3)8-10(13)9-6-12(4,5)7-9/h9H,6-8H2,1-5H3. The van der Waals surface area contributed by atoms with E-state index in [4.69, 9.17) is 0 Å². The molecule has 0 aliphatic heterocycles. The van der Waals surface area contributed by atoms with Crippen LogP contribution in [0.3, 0.4) is 0 Å². The molecule has 1 nitrogen and oxygen atoms in total. The van der Waals surface area contributed by atoms with Crippen LogP contribution in [0.4, 0.5) is 0 Å². The fraction of sp³-hybridized carbons (Fsp3) is 0.917. The van der Waals surface area contributed by atoms with Crippen LogP contribution in [0.25, 0.3) is 0 Å². The molecular formula is C12H22O. The molecule has 1 heteroatoms. The highest BCUT2D eigenvalue weighted by atomic mass is 16.1. The molecular weight excluding hydrogens is 160 g/mol. The first-order valence-corrected chi connectivity index (χ1v) is 5.22. The van der Waals surface area contributed by atoms with Crippen LogP contribution in [0.1, 0.15) is 53.9 Å². The fourth-order valence-electron chi connectivity index (χ4n) is 2.17. The maximum atomic E-state index is 11.7. The van der Waals surface area contributed by atoms with Gasteiger partial charge in [-0.15, -0.1) is 0 Å². The van der Waals surface area contributed by atoms with E-state index in [2.05, 4.69) is 34.6 Å². The topological polar surface area (TPSA) is 17.1 Å². The average molecular weight is 182 g/mol. The van der Waals surface area contributed by atoms with Crippen LogP contribution in [0.2, 0.25) is 0 Å². The molecule has 76 valence electrons. The van der Waals surface area contributed by atoms with Crippen molar-refractivity contribution in [1.29, 1.82) is 0 Å². The number of carbonyl (C=O) groups excluding carboxylic acids is 1. The molecule has 0 heterocycles. The third-order valence-electron chi connectivity index (χ3n) is 2.76. The summed E-state index contributed by atoms with van der Waals surface area (Å²) in [5, 5.41) is 0. The van der Waals surface area contributed by atoms with Gasteiger partial charge in [-0.05, 0) is 23.7 Å². The van der Waals surface area contributed by atoms with Crippen LogP contribution < -0.4 is 0 Å². The molecule has 0 bridgehead atoms. The van der Waals surface area contributed by atoms with Gasteiger partial charge < -0.3 is 0 Å². The van der Waals surface area contributed by atoms with Crippen molar-refractivity contribution in [3.05, 3.63) is 0 Å². The molecule has 0 aromatic rings. The third-order valence-corrected chi connectivity index (χ3v) is 2.76. The second-order valence-corrected chi connectivity index (χ2v) is 6.47. The largest absolute Gasteiger partial charge is 0.299 e. The van der Waals surface area contributed by atoms with Crippen LogP contribution in [0.5, 0.6) is 0 Å². The summed E-state index contributed by atoms with van der Waals surface area (Å²) in [7, 11) is 0. The third kappa shape index (κ3) is 3.13. The van der Waals surface area contributed by atoms with E-state index >= 15 is 0 Å². The molecule has 1 aliphatic rings. The van der Waals surface area contributed by atoms with Gasteiger partial charge in [0.15, 0.2) is 0 Å². The minimum Gasteiger partial charge on any atom is -0.299 e. The molecule has 0 aromatic heterocycles. The second kappa shape index (κ2) is 3.11. The van der Waals surface area contributed by atoms with Crippen LogP contribution in [-0.2, 0) is 4.79 Å². The highest BCUT2D eigenvalue weighted by molar-refractivity contribution is 5.82. The number of hydrogen-bond donors (Lipinski definition) is 0. The van der Waals surface area contributed by atoms with Crippen molar-refractivity contribution in [2.75, 3.05) is 0 Å². The minimum absolute atomic E-state index is 0.164. The molecule has 0 aromatic carbocycles. The van der Waals surface area contributed by atoms with Crippen LogP contribution in [-0.4, -0.2) is 5.78 Å². The van der Waals surface area contributed by atoms with Gasteiger partial charge in [0.05, 0.1) is 0 Å². The Bertz CT molecular complexity index is 200. The monoisotopic (exact) mass is 182 g/mol. The number of hydrogen-bond acceptors (Lipinski definition) is 1. The van der Waals surface area contributed by atoms with Gasteiger partial charge in [0, 0.05) is 12.3 Å². The Hall–Kier alpha value is -0.330. The molecule has 0 radical (unpaired) electrons. The van der Waals surface area contributed by atoms with Gasteiger partial charge in [-0.3, -0.25) is 4.79 Å². The fourth-order valence-corrected chi connectivity index (χ4v) is 2.17.